The molecule has 0 aliphatic heterocycles. The van der Waals surface area contributed by atoms with Crippen LogP contribution < -0.4 is 10.7 Å². The van der Waals surface area contributed by atoms with Crippen LogP contribution in [0.2, 0.25) is 0 Å². The van der Waals surface area contributed by atoms with Crippen LogP contribution in [0.4, 0.5) is 10.8 Å². The second-order valence-corrected chi connectivity index (χ2v) is 10.0. The SMILES string of the molecule is O=C(COC(=O)c1cc(=O)c2ccccc2o1)Nc1ncc(S(=O)(=O)c2ccc([N+](=O)[O-])cc2)s1. The van der Waals surface area contributed by atoms with Crippen LogP contribution in [0.1, 0.15) is 10.6 Å². The Morgan fingerprint density at radius 3 is 2.57 bits per heavy atom. The number of sulfone groups is 1. The van der Waals surface area contributed by atoms with Gasteiger partial charge in [0.25, 0.3) is 11.6 Å². The van der Waals surface area contributed by atoms with Crippen LogP contribution in [0.25, 0.3) is 11.0 Å². The summed E-state index contributed by atoms with van der Waals surface area (Å²) in [7, 11) is -4.03. The fourth-order valence-corrected chi connectivity index (χ4v) is 5.32. The van der Waals surface area contributed by atoms with Crippen LogP contribution in [0, 0.1) is 10.1 Å². The van der Waals surface area contributed by atoms with Gasteiger partial charge in [-0.15, -0.1) is 0 Å². The topological polar surface area (TPSA) is 176 Å². The molecule has 0 saturated heterocycles. The van der Waals surface area contributed by atoms with Gasteiger partial charge in [0.05, 0.1) is 21.4 Å². The average Bonchev–Trinajstić information content (AvgIpc) is 3.32. The summed E-state index contributed by atoms with van der Waals surface area (Å²) >= 11 is 0.642. The van der Waals surface area contributed by atoms with Crippen molar-refractivity contribution < 1.29 is 32.1 Å². The van der Waals surface area contributed by atoms with Crippen LogP contribution in [-0.2, 0) is 19.4 Å². The van der Waals surface area contributed by atoms with Crippen molar-refractivity contribution in [3.8, 4) is 0 Å². The molecule has 0 aliphatic carbocycles. The molecule has 2 aromatic carbocycles. The number of rotatable bonds is 7. The van der Waals surface area contributed by atoms with Gasteiger partial charge in [-0.3, -0.25) is 25.0 Å². The number of nitro groups is 1. The van der Waals surface area contributed by atoms with E-state index in [1.807, 2.05) is 0 Å². The molecule has 0 atom stereocenters. The summed E-state index contributed by atoms with van der Waals surface area (Å²) in [5, 5.41) is 13.2. The molecule has 12 nitrogen and oxygen atoms in total. The number of thiazole rings is 1. The monoisotopic (exact) mass is 515 g/mol. The number of carbonyl (C=O) groups excluding carboxylic acids is 2. The molecule has 0 unspecified atom stereocenters. The van der Waals surface area contributed by atoms with Gasteiger partial charge < -0.3 is 9.15 Å². The number of nitrogens with zero attached hydrogens (tertiary/aromatic N) is 2. The number of ether oxygens (including phenoxy) is 1. The first-order valence-electron chi connectivity index (χ1n) is 9.60. The molecular formula is C21H13N3O9S2. The molecule has 1 amide bonds. The highest BCUT2D eigenvalue weighted by Crippen LogP contribution is 2.29. The average molecular weight is 515 g/mol. The highest BCUT2D eigenvalue weighted by Gasteiger charge is 2.23. The minimum atomic E-state index is -4.03. The summed E-state index contributed by atoms with van der Waals surface area (Å²) in [6.07, 6.45) is 1.02. The van der Waals surface area contributed by atoms with Crippen LogP contribution in [-0.4, -0.2) is 36.8 Å². The zero-order valence-corrected chi connectivity index (χ0v) is 19.0. The Bertz CT molecular complexity index is 1620. The molecule has 0 radical (unpaired) electrons. The lowest BCUT2D eigenvalue weighted by atomic mass is 10.2. The van der Waals surface area contributed by atoms with Gasteiger partial charge in [0, 0.05) is 18.2 Å². The van der Waals surface area contributed by atoms with Crippen molar-refractivity contribution in [2.75, 3.05) is 11.9 Å². The van der Waals surface area contributed by atoms with Crippen LogP contribution in [0.15, 0.2) is 79.1 Å². The van der Waals surface area contributed by atoms with Crippen molar-refractivity contribution in [1.82, 2.24) is 4.98 Å². The number of benzene rings is 2. The molecule has 1 N–H and O–H groups in total. The maximum absolute atomic E-state index is 12.7. The fraction of sp³-hybridized carbons (Fsp3) is 0.0476. The molecule has 35 heavy (non-hydrogen) atoms. The van der Waals surface area contributed by atoms with Gasteiger partial charge in [0.15, 0.2) is 17.2 Å². The number of para-hydroxylation sites is 1. The number of nitro benzene ring substituents is 1. The number of carbonyl (C=O) groups is 2. The largest absolute Gasteiger partial charge is 0.450 e. The van der Waals surface area contributed by atoms with Crippen LogP contribution in [0.3, 0.4) is 0 Å². The first-order valence-corrected chi connectivity index (χ1v) is 11.9. The van der Waals surface area contributed by atoms with Crippen molar-refractivity contribution in [2.45, 2.75) is 9.10 Å². The number of esters is 1. The summed E-state index contributed by atoms with van der Waals surface area (Å²) in [4.78, 5) is 50.1. The molecule has 2 heterocycles. The van der Waals surface area contributed by atoms with E-state index in [-0.39, 0.29) is 36.7 Å². The van der Waals surface area contributed by atoms with E-state index in [4.69, 9.17) is 9.15 Å². The van der Waals surface area contributed by atoms with Gasteiger partial charge in [-0.25, -0.2) is 18.2 Å². The zero-order valence-electron chi connectivity index (χ0n) is 17.4. The van der Waals surface area contributed by atoms with Gasteiger partial charge in [0.1, 0.15) is 9.79 Å². The maximum Gasteiger partial charge on any atom is 0.374 e. The molecule has 2 aromatic heterocycles. The van der Waals surface area contributed by atoms with Gasteiger partial charge in [0.2, 0.25) is 15.6 Å². The molecule has 4 rings (SSSR count). The molecule has 4 aromatic rings. The number of hydrogen-bond acceptors (Lipinski definition) is 11. The van der Waals surface area contributed by atoms with Gasteiger partial charge in [-0.1, -0.05) is 23.5 Å². The Morgan fingerprint density at radius 1 is 1.14 bits per heavy atom. The van der Waals surface area contributed by atoms with Gasteiger partial charge in [-0.2, -0.15) is 0 Å². The van der Waals surface area contributed by atoms with Crippen molar-refractivity contribution in [3.05, 3.63) is 86.9 Å². The van der Waals surface area contributed by atoms with Gasteiger partial charge >= 0.3 is 5.97 Å². The Labute approximate surface area is 199 Å². The Balaban J connectivity index is 1.40. The second kappa shape index (κ2) is 9.44. The quantitative estimate of drug-likeness (QED) is 0.219. The van der Waals surface area contributed by atoms with E-state index in [9.17, 15) is 32.9 Å². The van der Waals surface area contributed by atoms with E-state index in [2.05, 4.69) is 10.3 Å². The Morgan fingerprint density at radius 2 is 1.86 bits per heavy atom. The smallest absolute Gasteiger partial charge is 0.374 e. The number of fused-ring (bicyclic) bond motifs is 1. The fourth-order valence-electron chi connectivity index (χ4n) is 2.87. The van der Waals surface area contributed by atoms with Crippen molar-refractivity contribution in [2.24, 2.45) is 0 Å². The number of non-ortho nitro benzene ring substituents is 1. The van der Waals surface area contributed by atoms with Gasteiger partial charge in [-0.05, 0) is 24.3 Å². The molecule has 0 spiro atoms. The van der Waals surface area contributed by atoms with Crippen molar-refractivity contribution in [1.29, 1.82) is 0 Å². The molecule has 0 aliphatic rings. The van der Waals surface area contributed by atoms with E-state index < -0.39 is 38.7 Å². The Hall–Kier alpha value is -4.43. The van der Waals surface area contributed by atoms with Crippen molar-refractivity contribution >= 4 is 54.8 Å². The number of aromatic nitrogens is 1. The lowest BCUT2D eigenvalue weighted by Crippen LogP contribution is -2.21. The first-order chi connectivity index (χ1) is 16.6. The summed E-state index contributed by atoms with van der Waals surface area (Å²) < 4.78 is 35.4. The summed E-state index contributed by atoms with van der Waals surface area (Å²) in [6, 6.07) is 11.6. The molecule has 14 heteroatoms. The number of nitrogens with one attached hydrogen (secondary N) is 1. The third kappa shape index (κ3) is 5.07. The summed E-state index contributed by atoms with van der Waals surface area (Å²) in [6.45, 7) is -0.751. The maximum atomic E-state index is 12.7. The van der Waals surface area contributed by atoms with E-state index in [0.29, 0.717) is 11.3 Å². The normalized spacial score (nSPS) is 11.2. The third-order valence-corrected chi connectivity index (χ3v) is 7.67. The minimum Gasteiger partial charge on any atom is -0.450 e. The third-order valence-electron chi connectivity index (χ3n) is 4.52. The highest BCUT2D eigenvalue weighted by atomic mass is 32.2. The minimum absolute atomic E-state index is 0.0798. The van der Waals surface area contributed by atoms with Crippen LogP contribution >= 0.6 is 11.3 Å². The lowest BCUT2D eigenvalue weighted by molar-refractivity contribution is -0.384. The lowest BCUT2D eigenvalue weighted by Gasteiger charge is -2.05. The Kier molecular flexibility index (Phi) is 6.40. The highest BCUT2D eigenvalue weighted by molar-refractivity contribution is 7.93. The molecule has 0 saturated carbocycles. The number of hydrogen-bond donors (Lipinski definition) is 1. The predicted molar refractivity (Wildman–Crippen MR) is 122 cm³/mol. The molecular weight excluding hydrogens is 502 g/mol. The van der Waals surface area contributed by atoms with E-state index in [1.54, 1.807) is 12.1 Å². The first kappa shape index (κ1) is 23.7. The molecule has 178 valence electrons. The van der Waals surface area contributed by atoms with E-state index >= 15 is 0 Å². The zero-order chi connectivity index (χ0) is 25.2. The second-order valence-electron chi connectivity index (χ2n) is 6.83. The summed E-state index contributed by atoms with van der Waals surface area (Å²) in [5.41, 5.74) is -0.535. The standard InChI is InChI=1S/C21H13N3O9S2/c25-15-9-17(33-16-4-2-1-3-14(15)16)20(27)32-11-18(26)23-21-22-10-19(34-21)35(30,31)13-7-5-12(6-8-13)24(28)29/h1-10H,11H2,(H,22,23,26). The number of amides is 1. The molecule has 0 fully saturated rings. The van der Waals surface area contributed by atoms with Crippen LogP contribution in [0.5, 0.6) is 0 Å². The van der Waals surface area contributed by atoms with E-state index in [0.717, 1.165) is 36.5 Å². The number of anilines is 1. The van der Waals surface area contributed by atoms with Crippen molar-refractivity contribution in [3.63, 3.8) is 0 Å². The predicted octanol–water partition coefficient (Wildman–Crippen LogP) is 2.79. The summed E-state index contributed by atoms with van der Waals surface area (Å²) in [5.74, 6) is -2.23. The molecule has 0 bridgehead atoms. The van der Waals surface area contributed by atoms with E-state index in [1.165, 1.54) is 12.1 Å².